The average molecular weight is 344 g/mol. The fourth-order valence-electron chi connectivity index (χ4n) is 2.78. The van der Waals surface area contributed by atoms with Gasteiger partial charge in [-0.1, -0.05) is 0 Å². The van der Waals surface area contributed by atoms with Crippen LogP contribution in [0.2, 0.25) is 0 Å². The van der Waals surface area contributed by atoms with E-state index in [-0.39, 0.29) is 17.8 Å². The van der Waals surface area contributed by atoms with Crippen LogP contribution in [0.4, 0.5) is 10.2 Å². The molecule has 2 aromatic rings. The number of piperidine rings is 1. The van der Waals surface area contributed by atoms with Crippen molar-refractivity contribution in [3.05, 3.63) is 47.8 Å². The predicted molar refractivity (Wildman–Crippen MR) is 92.3 cm³/mol. The summed E-state index contributed by atoms with van der Waals surface area (Å²) in [6.07, 6.45) is 1.57. The summed E-state index contributed by atoms with van der Waals surface area (Å²) < 4.78 is 18.9. The van der Waals surface area contributed by atoms with Gasteiger partial charge in [-0.15, -0.1) is 10.2 Å². The van der Waals surface area contributed by atoms with Crippen molar-refractivity contribution in [3.8, 4) is 5.88 Å². The number of halogens is 1. The number of likely N-dealkylation sites (tertiary alicyclic amines) is 1. The number of aromatic nitrogens is 2. The lowest BCUT2D eigenvalue weighted by atomic mass is 10.1. The molecule has 1 aromatic heterocycles. The van der Waals surface area contributed by atoms with E-state index in [2.05, 4.69) is 10.2 Å². The van der Waals surface area contributed by atoms with Gasteiger partial charge in [-0.3, -0.25) is 4.79 Å². The number of benzene rings is 1. The minimum Gasteiger partial charge on any atom is -0.471 e. The quantitative estimate of drug-likeness (QED) is 0.852. The summed E-state index contributed by atoms with van der Waals surface area (Å²) in [6.45, 7) is 1.15. The Hall–Kier alpha value is -2.70. The molecule has 1 unspecified atom stereocenters. The van der Waals surface area contributed by atoms with Crippen LogP contribution in [0.1, 0.15) is 23.2 Å². The molecule has 0 radical (unpaired) electrons. The van der Waals surface area contributed by atoms with Crippen molar-refractivity contribution in [1.29, 1.82) is 0 Å². The van der Waals surface area contributed by atoms with E-state index in [1.54, 1.807) is 11.0 Å². The zero-order valence-electron chi connectivity index (χ0n) is 14.4. The van der Waals surface area contributed by atoms with Crippen molar-refractivity contribution in [2.45, 2.75) is 18.9 Å². The van der Waals surface area contributed by atoms with Crippen LogP contribution in [-0.2, 0) is 0 Å². The van der Waals surface area contributed by atoms with Crippen LogP contribution in [-0.4, -0.2) is 54.3 Å². The van der Waals surface area contributed by atoms with Gasteiger partial charge in [0.2, 0.25) is 5.88 Å². The van der Waals surface area contributed by atoms with Gasteiger partial charge in [-0.2, -0.15) is 0 Å². The lowest BCUT2D eigenvalue weighted by Crippen LogP contribution is -2.44. The lowest BCUT2D eigenvalue weighted by molar-refractivity contribution is 0.0525. The van der Waals surface area contributed by atoms with Crippen LogP contribution in [0.15, 0.2) is 36.4 Å². The maximum absolute atomic E-state index is 13.0. The van der Waals surface area contributed by atoms with Crippen molar-refractivity contribution in [3.63, 3.8) is 0 Å². The van der Waals surface area contributed by atoms with Gasteiger partial charge in [0.1, 0.15) is 11.9 Å². The first kappa shape index (κ1) is 17.1. The highest BCUT2D eigenvalue weighted by atomic mass is 19.1. The molecule has 1 amide bonds. The number of amides is 1. The topological polar surface area (TPSA) is 58.6 Å². The third-order valence-electron chi connectivity index (χ3n) is 4.13. The lowest BCUT2D eigenvalue weighted by Gasteiger charge is -2.32. The second-order valence-corrected chi connectivity index (χ2v) is 6.26. The van der Waals surface area contributed by atoms with Crippen LogP contribution < -0.4 is 9.64 Å². The maximum atomic E-state index is 13.0. The summed E-state index contributed by atoms with van der Waals surface area (Å²) in [5.41, 5.74) is 0.483. The summed E-state index contributed by atoms with van der Waals surface area (Å²) in [6, 6.07) is 9.23. The zero-order chi connectivity index (χ0) is 17.8. The summed E-state index contributed by atoms with van der Waals surface area (Å²) in [4.78, 5) is 16.1. The number of nitrogens with zero attached hydrogens (tertiary/aromatic N) is 4. The zero-order valence-corrected chi connectivity index (χ0v) is 14.4. The molecule has 1 saturated heterocycles. The predicted octanol–water partition coefficient (Wildman–Crippen LogP) is 2.37. The molecule has 25 heavy (non-hydrogen) atoms. The Labute approximate surface area is 146 Å². The molecule has 1 aliphatic heterocycles. The second kappa shape index (κ2) is 7.46. The number of carbonyl (C=O) groups is 1. The Bertz CT molecular complexity index is 719. The molecule has 0 bridgehead atoms. The Morgan fingerprint density at radius 1 is 1.20 bits per heavy atom. The number of carbonyl (C=O) groups excluding carboxylic acids is 1. The molecule has 7 heteroatoms. The highest BCUT2D eigenvalue weighted by molar-refractivity contribution is 5.94. The molecule has 1 atom stereocenters. The van der Waals surface area contributed by atoms with Crippen LogP contribution in [0, 0.1) is 5.82 Å². The molecule has 132 valence electrons. The van der Waals surface area contributed by atoms with E-state index in [0.717, 1.165) is 18.7 Å². The van der Waals surface area contributed by atoms with Gasteiger partial charge >= 0.3 is 0 Å². The first-order chi connectivity index (χ1) is 12.0. The third kappa shape index (κ3) is 4.23. The van der Waals surface area contributed by atoms with Crippen LogP contribution in [0.5, 0.6) is 5.88 Å². The molecule has 2 heterocycles. The fourth-order valence-corrected chi connectivity index (χ4v) is 2.78. The number of rotatable bonds is 4. The molecular formula is C18H21FN4O2. The fraction of sp³-hybridized carbons (Fsp3) is 0.389. The number of hydrogen-bond donors (Lipinski definition) is 0. The SMILES string of the molecule is CN(C)c1ccc(OC2CCCN(C(=O)c3ccc(F)cc3)C2)nn1. The summed E-state index contributed by atoms with van der Waals surface area (Å²) >= 11 is 0. The highest BCUT2D eigenvalue weighted by Gasteiger charge is 2.26. The largest absolute Gasteiger partial charge is 0.471 e. The second-order valence-electron chi connectivity index (χ2n) is 6.26. The molecule has 1 aromatic carbocycles. The molecule has 0 N–H and O–H groups in total. The molecular weight excluding hydrogens is 323 g/mol. The average Bonchev–Trinajstić information content (AvgIpc) is 2.62. The van der Waals surface area contributed by atoms with Gasteiger partial charge in [-0.05, 0) is 43.2 Å². The Kier molecular flexibility index (Phi) is 5.11. The van der Waals surface area contributed by atoms with E-state index in [9.17, 15) is 9.18 Å². The van der Waals surface area contributed by atoms with Gasteiger partial charge < -0.3 is 14.5 Å². The Morgan fingerprint density at radius 3 is 2.60 bits per heavy atom. The van der Waals surface area contributed by atoms with Crippen LogP contribution in [0.25, 0.3) is 0 Å². The monoisotopic (exact) mass is 344 g/mol. The van der Waals surface area contributed by atoms with E-state index in [1.807, 2.05) is 25.1 Å². The van der Waals surface area contributed by atoms with Crippen molar-refractivity contribution in [2.75, 3.05) is 32.1 Å². The van der Waals surface area contributed by atoms with Crippen molar-refractivity contribution in [2.24, 2.45) is 0 Å². The van der Waals surface area contributed by atoms with Crippen LogP contribution in [0.3, 0.4) is 0 Å². The first-order valence-electron chi connectivity index (χ1n) is 8.25. The van der Waals surface area contributed by atoms with Crippen molar-refractivity contribution < 1.29 is 13.9 Å². The van der Waals surface area contributed by atoms with E-state index in [0.29, 0.717) is 24.5 Å². The van der Waals surface area contributed by atoms with Gasteiger partial charge in [0, 0.05) is 32.3 Å². The molecule has 6 nitrogen and oxygen atoms in total. The van der Waals surface area contributed by atoms with Gasteiger partial charge in [0.25, 0.3) is 5.91 Å². The van der Waals surface area contributed by atoms with E-state index < -0.39 is 0 Å². The van der Waals surface area contributed by atoms with Gasteiger partial charge in [0.15, 0.2) is 5.82 Å². The summed E-state index contributed by atoms with van der Waals surface area (Å²) in [5.74, 6) is 0.745. The molecule has 0 saturated carbocycles. The smallest absolute Gasteiger partial charge is 0.253 e. The van der Waals surface area contributed by atoms with Crippen molar-refractivity contribution >= 4 is 11.7 Å². The number of anilines is 1. The minimum atomic E-state index is -0.351. The minimum absolute atomic E-state index is 0.109. The van der Waals surface area contributed by atoms with E-state index in [1.165, 1.54) is 24.3 Å². The molecule has 0 spiro atoms. The first-order valence-corrected chi connectivity index (χ1v) is 8.25. The summed E-state index contributed by atoms with van der Waals surface area (Å²) in [7, 11) is 3.79. The van der Waals surface area contributed by atoms with E-state index >= 15 is 0 Å². The maximum Gasteiger partial charge on any atom is 0.253 e. The number of hydrogen-bond acceptors (Lipinski definition) is 5. The number of ether oxygens (including phenoxy) is 1. The van der Waals surface area contributed by atoms with Gasteiger partial charge in [0.05, 0.1) is 6.54 Å². The normalized spacial score (nSPS) is 17.2. The Morgan fingerprint density at radius 2 is 1.96 bits per heavy atom. The van der Waals surface area contributed by atoms with Crippen LogP contribution >= 0.6 is 0 Å². The molecule has 0 aliphatic carbocycles. The van der Waals surface area contributed by atoms with Gasteiger partial charge in [-0.25, -0.2) is 4.39 Å². The molecule has 3 rings (SSSR count). The highest BCUT2D eigenvalue weighted by Crippen LogP contribution is 2.19. The Balaban J connectivity index is 1.62. The molecule has 1 aliphatic rings. The third-order valence-corrected chi connectivity index (χ3v) is 4.13. The van der Waals surface area contributed by atoms with E-state index in [4.69, 9.17) is 4.74 Å². The standard InChI is InChI=1S/C18H21FN4O2/c1-22(2)16-9-10-17(21-20-16)25-15-4-3-11-23(12-15)18(24)13-5-7-14(19)8-6-13/h5-10,15H,3-4,11-12H2,1-2H3. The molecule has 1 fully saturated rings. The van der Waals surface area contributed by atoms with Crippen molar-refractivity contribution in [1.82, 2.24) is 15.1 Å². The summed E-state index contributed by atoms with van der Waals surface area (Å²) in [5, 5.41) is 8.16.